The zero-order chi connectivity index (χ0) is 13.8. The third-order valence-electron chi connectivity index (χ3n) is 2.73. The van der Waals surface area contributed by atoms with Gasteiger partial charge in [-0.25, -0.2) is 0 Å². The van der Waals surface area contributed by atoms with Crippen LogP contribution < -0.4 is 10.1 Å². The lowest BCUT2D eigenvalue weighted by atomic mass is 10.3. The van der Waals surface area contributed by atoms with Gasteiger partial charge in [0.2, 0.25) is 0 Å². The summed E-state index contributed by atoms with van der Waals surface area (Å²) in [6, 6.07) is 5.18. The molecule has 1 saturated carbocycles. The van der Waals surface area contributed by atoms with Gasteiger partial charge in [0, 0.05) is 23.1 Å². The second kappa shape index (κ2) is 6.16. The topological polar surface area (TPSA) is 64.4 Å². The molecule has 0 amide bonds. The van der Waals surface area contributed by atoms with Crippen molar-refractivity contribution in [1.29, 1.82) is 0 Å². The van der Waals surface area contributed by atoms with E-state index in [1.807, 2.05) is 0 Å². The number of rotatable bonds is 7. The van der Waals surface area contributed by atoms with Crippen LogP contribution in [-0.2, 0) is 0 Å². The van der Waals surface area contributed by atoms with Crippen molar-refractivity contribution >= 4 is 21.6 Å². The van der Waals surface area contributed by atoms with Gasteiger partial charge in [-0.05, 0) is 24.5 Å². The van der Waals surface area contributed by atoms with Crippen LogP contribution in [0.1, 0.15) is 12.8 Å². The summed E-state index contributed by atoms with van der Waals surface area (Å²) in [7, 11) is 0. The Morgan fingerprint density at radius 2 is 2.26 bits per heavy atom. The van der Waals surface area contributed by atoms with Crippen LogP contribution in [0.15, 0.2) is 34.8 Å². The number of benzene rings is 1. The van der Waals surface area contributed by atoms with E-state index in [9.17, 15) is 10.1 Å². The summed E-state index contributed by atoms with van der Waals surface area (Å²) >= 11 is 3.23. The minimum atomic E-state index is -0.443. The van der Waals surface area contributed by atoms with Crippen LogP contribution >= 0.6 is 15.9 Å². The number of nitro benzene ring substituents is 1. The van der Waals surface area contributed by atoms with Crippen molar-refractivity contribution in [3.63, 3.8) is 0 Å². The molecule has 0 aromatic heterocycles. The standard InChI is InChI=1S/C13H15BrN2O3/c1-9(7-15-11-2-3-11)8-19-13-5-10(14)4-12(6-13)16(17)18/h4-6,11,15H,1-3,7-8H2. The number of ether oxygens (including phenoxy) is 1. The maximum Gasteiger partial charge on any atom is 0.274 e. The quantitative estimate of drug-likeness (QED) is 0.475. The molecule has 1 aromatic carbocycles. The molecule has 1 aromatic rings. The molecular weight excluding hydrogens is 312 g/mol. The van der Waals surface area contributed by atoms with Crippen LogP contribution in [0.2, 0.25) is 0 Å². The van der Waals surface area contributed by atoms with Crippen LogP contribution in [0.4, 0.5) is 5.69 Å². The maximum absolute atomic E-state index is 10.7. The monoisotopic (exact) mass is 326 g/mol. The van der Waals surface area contributed by atoms with E-state index in [2.05, 4.69) is 27.8 Å². The summed E-state index contributed by atoms with van der Waals surface area (Å²) in [5.41, 5.74) is 0.931. The first-order chi connectivity index (χ1) is 9.04. The van der Waals surface area contributed by atoms with Crippen LogP contribution in [0.25, 0.3) is 0 Å². The number of hydrogen-bond donors (Lipinski definition) is 1. The fourth-order valence-electron chi connectivity index (χ4n) is 1.55. The van der Waals surface area contributed by atoms with Crippen molar-refractivity contribution in [1.82, 2.24) is 5.32 Å². The lowest BCUT2D eigenvalue weighted by molar-refractivity contribution is -0.385. The summed E-state index contributed by atoms with van der Waals surface area (Å²) in [5, 5.41) is 14.1. The first kappa shape index (κ1) is 14.0. The van der Waals surface area contributed by atoms with E-state index in [0.29, 0.717) is 22.9 Å². The highest BCUT2D eigenvalue weighted by Crippen LogP contribution is 2.26. The first-order valence-electron chi connectivity index (χ1n) is 6.02. The molecule has 1 fully saturated rings. The second-order valence-corrected chi connectivity index (χ2v) is 5.51. The number of nitro groups is 1. The summed E-state index contributed by atoms with van der Waals surface area (Å²) in [6.45, 7) is 4.99. The Balaban J connectivity index is 1.87. The van der Waals surface area contributed by atoms with E-state index in [1.165, 1.54) is 25.0 Å². The van der Waals surface area contributed by atoms with Crippen LogP contribution in [0.5, 0.6) is 5.75 Å². The second-order valence-electron chi connectivity index (χ2n) is 4.60. The first-order valence-corrected chi connectivity index (χ1v) is 6.81. The Labute approximate surface area is 119 Å². The maximum atomic E-state index is 10.7. The van der Waals surface area contributed by atoms with Crippen molar-refractivity contribution < 1.29 is 9.66 Å². The predicted molar refractivity (Wildman–Crippen MR) is 76.5 cm³/mol. The Morgan fingerprint density at radius 3 is 2.89 bits per heavy atom. The van der Waals surface area contributed by atoms with Gasteiger partial charge in [-0.3, -0.25) is 10.1 Å². The SMILES string of the molecule is C=C(CNC1CC1)COc1cc(Br)cc([N+](=O)[O-])c1. The third kappa shape index (κ3) is 4.65. The lowest BCUT2D eigenvalue weighted by Crippen LogP contribution is -2.21. The van der Waals surface area contributed by atoms with Crippen LogP contribution in [0.3, 0.4) is 0 Å². The minimum Gasteiger partial charge on any atom is -0.489 e. The van der Waals surface area contributed by atoms with Gasteiger partial charge in [-0.1, -0.05) is 22.5 Å². The summed E-state index contributed by atoms with van der Waals surface area (Å²) < 4.78 is 6.14. The average Bonchev–Trinajstić information content (AvgIpc) is 3.17. The molecule has 0 radical (unpaired) electrons. The molecule has 0 saturated heterocycles. The van der Waals surface area contributed by atoms with Gasteiger partial charge in [0.25, 0.3) is 5.69 Å². The smallest absolute Gasteiger partial charge is 0.274 e. The minimum absolute atomic E-state index is 0.00564. The molecule has 19 heavy (non-hydrogen) atoms. The van der Waals surface area contributed by atoms with Crippen molar-refractivity contribution in [2.45, 2.75) is 18.9 Å². The van der Waals surface area contributed by atoms with Crippen molar-refractivity contribution in [3.05, 3.63) is 44.9 Å². The van der Waals surface area contributed by atoms with Gasteiger partial charge in [-0.15, -0.1) is 0 Å². The molecule has 0 spiro atoms. The molecule has 0 unspecified atom stereocenters. The molecule has 0 bridgehead atoms. The zero-order valence-electron chi connectivity index (χ0n) is 10.4. The molecule has 1 N–H and O–H groups in total. The number of hydrogen-bond acceptors (Lipinski definition) is 4. The molecule has 2 rings (SSSR count). The molecule has 5 nitrogen and oxygen atoms in total. The predicted octanol–water partition coefficient (Wildman–Crippen LogP) is 3.04. The molecule has 1 aliphatic rings. The van der Waals surface area contributed by atoms with E-state index in [1.54, 1.807) is 6.07 Å². The van der Waals surface area contributed by atoms with E-state index >= 15 is 0 Å². The normalized spacial score (nSPS) is 14.2. The fraction of sp³-hybridized carbons (Fsp3) is 0.385. The Morgan fingerprint density at radius 1 is 1.53 bits per heavy atom. The van der Waals surface area contributed by atoms with Crippen LogP contribution in [0, 0.1) is 10.1 Å². The number of non-ortho nitro benzene ring substituents is 1. The van der Waals surface area contributed by atoms with Gasteiger partial charge in [0.05, 0.1) is 11.0 Å². The molecule has 0 heterocycles. The Hall–Kier alpha value is -1.40. The average molecular weight is 327 g/mol. The molecule has 6 heteroatoms. The lowest BCUT2D eigenvalue weighted by Gasteiger charge is -2.09. The molecule has 0 aliphatic heterocycles. The van der Waals surface area contributed by atoms with Gasteiger partial charge < -0.3 is 10.1 Å². The van der Waals surface area contributed by atoms with Gasteiger partial charge in [0.15, 0.2) is 0 Å². The van der Waals surface area contributed by atoms with E-state index in [4.69, 9.17) is 4.74 Å². The van der Waals surface area contributed by atoms with E-state index < -0.39 is 4.92 Å². The number of nitrogens with one attached hydrogen (secondary N) is 1. The number of halogens is 1. The number of nitrogens with zero attached hydrogens (tertiary/aromatic N) is 1. The Bertz CT molecular complexity index is 501. The van der Waals surface area contributed by atoms with Crippen molar-refractivity contribution in [2.24, 2.45) is 0 Å². The largest absolute Gasteiger partial charge is 0.489 e. The fourth-order valence-corrected chi connectivity index (χ4v) is 2.01. The molecule has 1 aliphatic carbocycles. The molecule has 102 valence electrons. The molecular formula is C13H15BrN2O3. The summed E-state index contributed by atoms with van der Waals surface area (Å²) in [6.07, 6.45) is 2.46. The summed E-state index contributed by atoms with van der Waals surface area (Å²) in [4.78, 5) is 10.3. The van der Waals surface area contributed by atoms with Gasteiger partial charge >= 0.3 is 0 Å². The molecule has 0 atom stereocenters. The highest BCUT2D eigenvalue weighted by molar-refractivity contribution is 9.10. The van der Waals surface area contributed by atoms with Gasteiger partial charge in [0.1, 0.15) is 12.4 Å². The van der Waals surface area contributed by atoms with Crippen molar-refractivity contribution in [2.75, 3.05) is 13.2 Å². The highest BCUT2D eigenvalue weighted by Gasteiger charge is 2.20. The van der Waals surface area contributed by atoms with Crippen molar-refractivity contribution in [3.8, 4) is 5.75 Å². The van der Waals surface area contributed by atoms with Gasteiger partial charge in [-0.2, -0.15) is 0 Å². The summed E-state index contributed by atoms with van der Waals surface area (Å²) in [5.74, 6) is 0.466. The van der Waals surface area contributed by atoms with Crippen LogP contribution in [-0.4, -0.2) is 24.1 Å². The Kier molecular flexibility index (Phi) is 4.55. The highest BCUT2D eigenvalue weighted by atomic mass is 79.9. The third-order valence-corrected chi connectivity index (χ3v) is 3.19. The van der Waals surface area contributed by atoms with E-state index in [0.717, 1.165) is 12.1 Å². The zero-order valence-corrected chi connectivity index (χ0v) is 12.0. The van der Waals surface area contributed by atoms with E-state index in [-0.39, 0.29) is 5.69 Å².